The van der Waals surface area contributed by atoms with Crippen LogP contribution < -0.4 is 16.2 Å². The number of carbonyl (C=O) groups is 1. The third-order valence-corrected chi connectivity index (χ3v) is 4.06. The number of hydrogen-bond donors (Lipinski definition) is 3. The Morgan fingerprint density at radius 1 is 1.39 bits per heavy atom. The Hall–Kier alpha value is -2.25. The molecule has 0 spiro atoms. The first kappa shape index (κ1) is 15.6. The molecule has 1 aromatic carbocycles. The van der Waals surface area contributed by atoms with E-state index in [4.69, 9.17) is 0 Å². The molecular weight excluding hydrogens is 296 g/mol. The van der Waals surface area contributed by atoms with Crippen molar-refractivity contribution in [3.63, 3.8) is 0 Å². The first-order chi connectivity index (χ1) is 11.1. The number of nitrogens with one attached hydrogen (secondary N) is 2. The number of amides is 1. The number of aromatic nitrogens is 2. The summed E-state index contributed by atoms with van der Waals surface area (Å²) >= 11 is 0. The van der Waals surface area contributed by atoms with Crippen molar-refractivity contribution >= 4 is 16.8 Å². The molecule has 1 aromatic heterocycles. The van der Waals surface area contributed by atoms with Gasteiger partial charge in [0.25, 0.3) is 5.56 Å². The maximum Gasteiger partial charge on any atom is 0.261 e. The molecule has 1 amide bonds. The van der Waals surface area contributed by atoms with Crippen LogP contribution in [0.25, 0.3) is 10.9 Å². The first-order valence-corrected chi connectivity index (χ1v) is 7.77. The summed E-state index contributed by atoms with van der Waals surface area (Å²) in [6.07, 6.45) is 1.84. The lowest BCUT2D eigenvalue weighted by molar-refractivity contribution is -0.122. The Morgan fingerprint density at radius 2 is 2.22 bits per heavy atom. The Kier molecular flexibility index (Phi) is 4.68. The highest BCUT2D eigenvalue weighted by Gasteiger charge is 2.25. The Morgan fingerprint density at radius 3 is 3.00 bits per heavy atom. The van der Waals surface area contributed by atoms with Crippen molar-refractivity contribution < 1.29 is 9.90 Å². The van der Waals surface area contributed by atoms with Gasteiger partial charge in [-0.3, -0.25) is 14.2 Å². The van der Waals surface area contributed by atoms with Crippen LogP contribution >= 0.6 is 0 Å². The topological polar surface area (TPSA) is 96.2 Å². The van der Waals surface area contributed by atoms with Gasteiger partial charge in [-0.05, 0) is 18.6 Å². The number of carbonyl (C=O) groups excluding carboxylic acids is 1. The van der Waals surface area contributed by atoms with Crippen LogP contribution in [-0.2, 0) is 11.3 Å². The monoisotopic (exact) mass is 316 g/mol. The van der Waals surface area contributed by atoms with Gasteiger partial charge in [0.1, 0.15) is 0 Å². The Labute approximate surface area is 133 Å². The van der Waals surface area contributed by atoms with Gasteiger partial charge in [-0.2, -0.15) is 0 Å². The van der Waals surface area contributed by atoms with E-state index >= 15 is 0 Å². The second-order valence-electron chi connectivity index (χ2n) is 5.76. The summed E-state index contributed by atoms with van der Waals surface area (Å²) in [7, 11) is 0. The minimum Gasteiger partial charge on any atom is -0.390 e. The van der Waals surface area contributed by atoms with Crippen molar-refractivity contribution in [2.45, 2.75) is 31.5 Å². The predicted octanol–water partition coefficient (Wildman–Crippen LogP) is -0.374. The lowest BCUT2D eigenvalue weighted by Crippen LogP contribution is -2.42. The van der Waals surface area contributed by atoms with Crippen LogP contribution in [0.1, 0.15) is 12.8 Å². The van der Waals surface area contributed by atoms with E-state index in [1.54, 1.807) is 12.1 Å². The van der Waals surface area contributed by atoms with E-state index in [9.17, 15) is 14.7 Å². The van der Waals surface area contributed by atoms with E-state index in [0.29, 0.717) is 43.4 Å². The third-order valence-electron chi connectivity index (χ3n) is 4.06. The van der Waals surface area contributed by atoms with Gasteiger partial charge in [-0.1, -0.05) is 12.1 Å². The number of hydrogen-bond acceptors (Lipinski definition) is 5. The van der Waals surface area contributed by atoms with Crippen LogP contribution in [0, 0.1) is 0 Å². The molecule has 0 radical (unpaired) electrons. The molecule has 0 aliphatic carbocycles. The van der Waals surface area contributed by atoms with E-state index in [2.05, 4.69) is 15.6 Å². The number of nitrogens with zero attached hydrogens (tertiary/aromatic N) is 2. The zero-order valence-electron chi connectivity index (χ0n) is 12.7. The third kappa shape index (κ3) is 3.57. The molecule has 2 heterocycles. The zero-order valence-corrected chi connectivity index (χ0v) is 12.7. The van der Waals surface area contributed by atoms with Gasteiger partial charge in [0.2, 0.25) is 5.91 Å². The van der Waals surface area contributed by atoms with E-state index in [0.717, 1.165) is 0 Å². The molecule has 23 heavy (non-hydrogen) atoms. The molecule has 3 N–H and O–H groups in total. The number of benzene rings is 1. The molecular formula is C16H20N4O3. The molecule has 1 aliphatic heterocycles. The molecule has 0 unspecified atom stereocenters. The molecule has 7 nitrogen and oxygen atoms in total. The second kappa shape index (κ2) is 6.89. The van der Waals surface area contributed by atoms with Crippen LogP contribution in [0.4, 0.5) is 0 Å². The maximum absolute atomic E-state index is 12.3. The van der Waals surface area contributed by atoms with E-state index in [1.807, 2.05) is 12.1 Å². The van der Waals surface area contributed by atoms with Gasteiger partial charge in [0.15, 0.2) is 0 Å². The van der Waals surface area contributed by atoms with Crippen LogP contribution in [0.15, 0.2) is 35.4 Å². The fourth-order valence-electron chi connectivity index (χ4n) is 2.77. The van der Waals surface area contributed by atoms with Crippen LogP contribution in [0.5, 0.6) is 0 Å². The van der Waals surface area contributed by atoms with Crippen molar-refractivity contribution in [3.05, 3.63) is 40.9 Å². The van der Waals surface area contributed by atoms with Gasteiger partial charge >= 0.3 is 0 Å². The van der Waals surface area contributed by atoms with E-state index < -0.39 is 6.10 Å². The number of aliphatic hydroxyl groups is 1. The minimum absolute atomic E-state index is 0.0913. The highest BCUT2D eigenvalue weighted by Crippen LogP contribution is 2.05. The van der Waals surface area contributed by atoms with Gasteiger partial charge in [0.05, 0.1) is 29.4 Å². The zero-order chi connectivity index (χ0) is 16.2. The minimum atomic E-state index is -0.536. The standard InChI is InChI=1S/C16H20N4O3/c21-14-9-17-8-13(14)19-15(22)6-3-7-20-10-18-12-5-2-1-4-11(12)16(20)23/h1-2,4-5,10,13-14,17,21H,3,6-9H2,(H,19,22)/t13-,14-/m1/s1. The smallest absolute Gasteiger partial charge is 0.261 e. The lowest BCUT2D eigenvalue weighted by Gasteiger charge is -2.15. The normalized spacial score (nSPS) is 20.7. The largest absolute Gasteiger partial charge is 0.390 e. The molecule has 122 valence electrons. The summed E-state index contributed by atoms with van der Waals surface area (Å²) < 4.78 is 1.53. The molecule has 1 saturated heterocycles. The average molecular weight is 316 g/mol. The highest BCUT2D eigenvalue weighted by molar-refractivity contribution is 5.77. The fourth-order valence-corrected chi connectivity index (χ4v) is 2.77. The lowest BCUT2D eigenvalue weighted by atomic mass is 10.2. The number of aliphatic hydroxyl groups excluding tert-OH is 1. The quantitative estimate of drug-likeness (QED) is 0.699. The van der Waals surface area contributed by atoms with Crippen molar-refractivity contribution in [3.8, 4) is 0 Å². The number of para-hydroxylation sites is 1. The summed E-state index contributed by atoms with van der Waals surface area (Å²) in [5, 5.41) is 16.1. The molecule has 1 fully saturated rings. The number of rotatable bonds is 5. The summed E-state index contributed by atoms with van der Waals surface area (Å²) in [6, 6.07) is 6.98. The number of β-amino-alcohol motifs (C(OH)–C–C–N with tert-alkyl or cyclic N) is 1. The van der Waals surface area contributed by atoms with Gasteiger partial charge in [-0.25, -0.2) is 4.98 Å². The molecule has 7 heteroatoms. The first-order valence-electron chi connectivity index (χ1n) is 7.77. The fraction of sp³-hybridized carbons (Fsp3) is 0.438. The van der Waals surface area contributed by atoms with Gasteiger partial charge < -0.3 is 15.7 Å². The number of aryl methyl sites for hydroxylation is 1. The van der Waals surface area contributed by atoms with Crippen LogP contribution in [0.3, 0.4) is 0 Å². The molecule has 0 bridgehead atoms. The summed E-state index contributed by atoms with van der Waals surface area (Å²) in [4.78, 5) is 28.4. The van der Waals surface area contributed by atoms with Crippen LogP contribution in [0.2, 0.25) is 0 Å². The van der Waals surface area contributed by atoms with Gasteiger partial charge in [-0.15, -0.1) is 0 Å². The van der Waals surface area contributed by atoms with Gasteiger partial charge in [0, 0.05) is 26.1 Å². The predicted molar refractivity (Wildman–Crippen MR) is 86.0 cm³/mol. The van der Waals surface area contributed by atoms with E-state index in [-0.39, 0.29) is 17.5 Å². The van der Waals surface area contributed by atoms with E-state index in [1.165, 1.54) is 10.9 Å². The van der Waals surface area contributed by atoms with Crippen molar-refractivity contribution in [1.29, 1.82) is 0 Å². The summed E-state index contributed by atoms with van der Waals surface area (Å²) in [6.45, 7) is 1.53. The van der Waals surface area contributed by atoms with Crippen molar-refractivity contribution in [2.24, 2.45) is 0 Å². The molecule has 2 atom stereocenters. The van der Waals surface area contributed by atoms with Crippen LogP contribution in [-0.4, -0.2) is 45.8 Å². The summed E-state index contributed by atoms with van der Waals surface area (Å²) in [5.41, 5.74) is 0.584. The average Bonchev–Trinajstić information content (AvgIpc) is 2.95. The number of fused-ring (bicyclic) bond motifs is 1. The Bertz CT molecular complexity index is 758. The molecule has 2 aromatic rings. The second-order valence-corrected chi connectivity index (χ2v) is 5.76. The highest BCUT2D eigenvalue weighted by atomic mass is 16.3. The molecule has 0 saturated carbocycles. The van der Waals surface area contributed by atoms with Crippen molar-refractivity contribution in [1.82, 2.24) is 20.2 Å². The van der Waals surface area contributed by atoms with Crippen molar-refractivity contribution in [2.75, 3.05) is 13.1 Å². The summed E-state index contributed by atoms with van der Waals surface area (Å²) in [5.74, 6) is -0.112. The Balaban J connectivity index is 1.55. The molecule has 3 rings (SSSR count). The molecule has 1 aliphatic rings. The maximum atomic E-state index is 12.3. The SMILES string of the molecule is O=C(CCCn1cnc2ccccc2c1=O)N[C@@H]1CNC[C@H]1O.